The Bertz CT molecular complexity index is 290. The number of carbonyl (C=O) groups excluding carboxylic acids is 1. The highest BCUT2D eigenvalue weighted by molar-refractivity contribution is 9.09. The topological polar surface area (TPSA) is 29.5 Å². The SMILES string of the molecule is CC(Br)CC1CCCCCN1C(=O)C1CCOCC1. The molecular formula is C15H26BrNO2. The van der Waals surface area contributed by atoms with Crippen LogP contribution in [0.5, 0.6) is 0 Å². The van der Waals surface area contributed by atoms with Gasteiger partial charge in [0.15, 0.2) is 0 Å². The van der Waals surface area contributed by atoms with Gasteiger partial charge in [-0.25, -0.2) is 0 Å². The van der Waals surface area contributed by atoms with E-state index < -0.39 is 0 Å². The first-order chi connectivity index (χ1) is 9.18. The summed E-state index contributed by atoms with van der Waals surface area (Å²) in [6, 6.07) is 0.437. The third kappa shape index (κ3) is 4.45. The van der Waals surface area contributed by atoms with Crippen LogP contribution in [-0.2, 0) is 9.53 Å². The van der Waals surface area contributed by atoms with E-state index in [1.54, 1.807) is 0 Å². The zero-order valence-corrected chi connectivity index (χ0v) is 13.5. The van der Waals surface area contributed by atoms with Crippen molar-refractivity contribution in [1.82, 2.24) is 4.90 Å². The number of halogens is 1. The fraction of sp³-hybridized carbons (Fsp3) is 0.933. The molecule has 0 aliphatic carbocycles. The molecule has 110 valence electrons. The Kier molecular flexibility index (Phi) is 6.14. The summed E-state index contributed by atoms with van der Waals surface area (Å²) in [4.78, 5) is 15.4. The summed E-state index contributed by atoms with van der Waals surface area (Å²) in [5, 5.41) is 0. The van der Waals surface area contributed by atoms with Gasteiger partial charge in [-0.05, 0) is 32.1 Å². The van der Waals surface area contributed by atoms with E-state index in [1.165, 1.54) is 25.7 Å². The Morgan fingerprint density at radius 2 is 2.00 bits per heavy atom. The Morgan fingerprint density at radius 1 is 1.26 bits per heavy atom. The lowest BCUT2D eigenvalue weighted by Gasteiger charge is -2.35. The first kappa shape index (κ1) is 15.3. The van der Waals surface area contributed by atoms with Gasteiger partial charge in [-0.2, -0.15) is 0 Å². The number of nitrogens with zero attached hydrogens (tertiary/aromatic N) is 1. The molecule has 19 heavy (non-hydrogen) atoms. The smallest absolute Gasteiger partial charge is 0.226 e. The second-order valence-corrected chi connectivity index (χ2v) is 7.50. The molecule has 0 saturated carbocycles. The fourth-order valence-electron chi connectivity index (χ4n) is 3.27. The molecule has 2 heterocycles. The molecule has 0 N–H and O–H groups in total. The van der Waals surface area contributed by atoms with Crippen LogP contribution in [0.3, 0.4) is 0 Å². The number of carbonyl (C=O) groups is 1. The second-order valence-electron chi connectivity index (χ2n) is 5.94. The van der Waals surface area contributed by atoms with Gasteiger partial charge in [-0.1, -0.05) is 35.7 Å². The molecule has 2 aliphatic heterocycles. The molecule has 0 aromatic carbocycles. The van der Waals surface area contributed by atoms with Crippen LogP contribution in [0.25, 0.3) is 0 Å². The standard InChI is InChI=1S/C15H26BrNO2/c1-12(16)11-14-5-3-2-4-8-17(14)15(18)13-6-9-19-10-7-13/h12-14H,2-11H2,1H3. The highest BCUT2D eigenvalue weighted by atomic mass is 79.9. The van der Waals surface area contributed by atoms with Gasteiger partial charge in [-0.15, -0.1) is 0 Å². The van der Waals surface area contributed by atoms with Crippen molar-refractivity contribution >= 4 is 21.8 Å². The summed E-state index contributed by atoms with van der Waals surface area (Å²) in [5.74, 6) is 0.600. The van der Waals surface area contributed by atoms with Crippen LogP contribution in [0.1, 0.15) is 51.9 Å². The number of hydrogen-bond donors (Lipinski definition) is 0. The first-order valence-corrected chi connectivity index (χ1v) is 8.62. The summed E-state index contributed by atoms with van der Waals surface area (Å²) < 4.78 is 5.38. The number of likely N-dealkylation sites (tertiary alicyclic amines) is 1. The Hall–Kier alpha value is -0.0900. The molecule has 4 heteroatoms. The van der Waals surface area contributed by atoms with Crippen LogP contribution in [0.15, 0.2) is 0 Å². The molecule has 2 aliphatic rings. The zero-order chi connectivity index (χ0) is 13.7. The van der Waals surface area contributed by atoms with Crippen molar-refractivity contribution in [3.63, 3.8) is 0 Å². The average Bonchev–Trinajstić information content (AvgIpc) is 2.64. The molecule has 2 fully saturated rings. The molecule has 0 aromatic heterocycles. The van der Waals surface area contributed by atoms with Crippen molar-refractivity contribution in [2.24, 2.45) is 5.92 Å². The molecule has 1 amide bonds. The average molecular weight is 332 g/mol. The van der Waals surface area contributed by atoms with E-state index in [2.05, 4.69) is 27.8 Å². The third-order valence-electron chi connectivity index (χ3n) is 4.33. The van der Waals surface area contributed by atoms with E-state index in [0.29, 0.717) is 16.8 Å². The molecule has 0 spiro atoms. The maximum atomic E-state index is 12.8. The predicted molar refractivity (Wildman–Crippen MR) is 80.5 cm³/mol. The van der Waals surface area contributed by atoms with Gasteiger partial charge in [0.1, 0.15) is 0 Å². The van der Waals surface area contributed by atoms with Crippen LogP contribution in [-0.4, -0.2) is 41.4 Å². The van der Waals surface area contributed by atoms with Gasteiger partial charge >= 0.3 is 0 Å². The highest BCUT2D eigenvalue weighted by Crippen LogP contribution is 2.26. The van der Waals surface area contributed by atoms with E-state index in [9.17, 15) is 4.79 Å². The maximum Gasteiger partial charge on any atom is 0.226 e. The number of rotatable bonds is 3. The molecular weight excluding hydrogens is 306 g/mol. The van der Waals surface area contributed by atoms with Crippen LogP contribution in [0.4, 0.5) is 0 Å². The zero-order valence-electron chi connectivity index (χ0n) is 11.9. The van der Waals surface area contributed by atoms with Crippen molar-refractivity contribution < 1.29 is 9.53 Å². The van der Waals surface area contributed by atoms with E-state index >= 15 is 0 Å². The monoisotopic (exact) mass is 331 g/mol. The molecule has 2 rings (SSSR count). The number of ether oxygens (including phenoxy) is 1. The van der Waals surface area contributed by atoms with E-state index in [0.717, 1.165) is 39.0 Å². The van der Waals surface area contributed by atoms with E-state index in [-0.39, 0.29) is 5.92 Å². The van der Waals surface area contributed by atoms with Gasteiger partial charge in [-0.3, -0.25) is 4.79 Å². The van der Waals surface area contributed by atoms with Crippen LogP contribution in [0, 0.1) is 5.92 Å². The molecule has 0 bridgehead atoms. The fourth-order valence-corrected chi connectivity index (χ4v) is 3.70. The lowest BCUT2D eigenvalue weighted by molar-refractivity contribution is -0.141. The maximum absolute atomic E-state index is 12.8. The quantitative estimate of drug-likeness (QED) is 0.742. The normalized spacial score (nSPS) is 27.9. The van der Waals surface area contributed by atoms with Gasteiger partial charge in [0.05, 0.1) is 0 Å². The van der Waals surface area contributed by atoms with Gasteiger partial charge in [0.25, 0.3) is 0 Å². The van der Waals surface area contributed by atoms with Gasteiger partial charge in [0, 0.05) is 36.5 Å². The van der Waals surface area contributed by atoms with E-state index in [4.69, 9.17) is 4.74 Å². The molecule has 2 atom stereocenters. The second kappa shape index (κ2) is 7.63. The number of alkyl halides is 1. The predicted octanol–water partition coefficient (Wildman–Crippen LogP) is 3.36. The molecule has 0 radical (unpaired) electrons. The molecule has 0 aromatic rings. The molecule has 2 saturated heterocycles. The summed E-state index contributed by atoms with van der Waals surface area (Å²) in [6.45, 7) is 4.65. The first-order valence-electron chi connectivity index (χ1n) is 7.70. The number of hydrogen-bond acceptors (Lipinski definition) is 2. The third-order valence-corrected chi connectivity index (χ3v) is 4.70. The van der Waals surface area contributed by atoms with Crippen molar-refractivity contribution in [1.29, 1.82) is 0 Å². The minimum atomic E-state index is 0.208. The summed E-state index contributed by atoms with van der Waals surface area (Å²) in [7, 11) is 0. The Labute approximate surface area is 125 Å². The van der Waals surface area contributed by atoms with Crippen molar-refractivity contribution in [3.05, 3.63) is 0 Å². The Balaban J connectivity index is 2.01. The summed E-state index contributed by atoms with van der Waals surface area (Å²) in [6.07, 6.45) is 7.77. The van der Waals surface area contributed by atoms with Crippen LogP contribution in [0.2, 0.25) is 0 Å². The summed E-state index contributed by atoms with van der Waals surface area (Å²) in [5.41, 5.74) is 0. The van der Waals surface area contributed by atoms with Crippen molar-refractivity contribution in [2.75, 3.05) is 19.8 Å². The Morgan fingerprint density at radius 3 is 2.68 bits per heavy atom. The lowest BCUT2D eigenvalue weighted by Crippen LogP contribution is -2.45. The number of amides is 1. The minimum Gasteiger partial charge on any atom is -0.381 e. The van der Waals surface area contributed by atoms with Crippen molar-refractivity contribution in [2.45, 2.75) is 62.7 Å². The molecule has 2 unspecified atom stereocenters. The summed E-state index contributed by atoms with van der Waals surface area (Å²) >= 11 is 3.65. The van der Waals surface area contributed by atoms with Crippen LogP contribution >= 0.6 is 15.9 Å². The van der Waals surface area contributed by atoms with Crippen molar-refractivity contribution in [3.8, 4) is 0 Å². The van der Waals surface area contributed by atoms with Gasteiger partial charge in [0.2, 0.25) is 5.91 Å². The van der Waals surface area contributed by atoms with Crippen LogP contribution < -0.4 is 0 Å². The lowest BCUT2D eigenvalue weighted by atomic mass is 9.96. The highest BCUT2D eigenvalue weighted by Gasteiger charge is 2.31. The van der Waals surface area contributed by atoms with E-state index in [1.807, 2.05) is 0 Å². The molecule has 3 nitrogen and oxygen atoms in total. The van der Waals surface area contributed by atoms with Gasteiger partial charge < -0.3 is 9.64 Å². The largest absolute Gasteiger partial charge is 0.381 e. The minimum absolute atomic E-state index is 0.208.